The van der Waals surface area contributed by atoms with E-state index in [2.05, 4.69) is 21.0 Å². The van der Waals surface area contributed by atoms with Crippen LogP contribution < -0.4 is 0 Å². The minimum Gasteiger partial charge on any atom is -0.379 e. The highest BCUT2D eigenvalue weighted by Gasteiger charge is 2.59. The number of benzene rings is 1. The molecular formula is C17H19BrF2N2O2. The minimum atomic E-state index is -3.18. The van der Waals surface area contributed by atoms with E-state index in [4.69, 9.17) is 4.74 Å². The summed E-state index contributed by atoms with van der Waals surface area (Å²) in [5, 5.41) is 15.8. The molecular weight excluding hydrogens is 382 g/mol. The quantitative estimate of drug-likeness (QED) is 0.817. The molecule has 1 N–H and O–H groups in total. The largest absolute Gasteiger partial charge is 0.379 e. The molecule has 2 aliphatic rings. The fourth-order valence-corrected chi connectivity index (χ4v) is 4.82. The fraction of sp³-hybridized carbons (Fsp3) is 0.588. The van der Waals surface area contributed by atoms with E-state index in [1.54, 1.807) is 23.9 Å². The van der Waals surface area contributed by atoms with Gasteiger partial charge in [-0.3, -0.25) is 0 Å². The zero-order chi connectivity index (χ0) is 17.1. The normalized spacial score (nSPS) is 29.1. The van der Waals surface area contributed by atoms with E-state index in [1.807, 2.05) is 0 Å². The molecule has 0 saturated carbocycles. The number of halogens is 3. The first-order valence-corrected chi connectivity index (χ1v) is 9.09. The van der Waals surface area contributed by atoms with Gasteiger partial charge in [-0.05, 0) is 53.2 Å². The van der Waals surface area contributed by atoms with Gasteiger partial charge in [0.25, 0.3) is 5.92 Å². The van der Waals surface area contributed by atoms with E-state index < -0.39 is 17.9 Å². The van der Waals surface area contributed by atoms with Gasteiger partial charge in [-0.25, -0.2) is 13.5 Å². The van der Waals surface area contributed by atoms with Crippen molar-refractivity contribution in [2.24, 2.45) is 0 Å². The third-order valence-electron chi connectivity index (χ3n) is 5.29. The first kappa shape index (κ1) is 16.4. The van der Waals surface area contributed by atoms with Gasteiger partial charge >= 0.3 is 0 Å². The standard InChI is InChI=1S/C17H19BrF2N2O2/c1-2-16(23)14-10(8-17(16,19)20)7-12-11(15(14)18)9-21-22(12)13-5-3-4-6-24-13/h7,9,13,23H,2-6,8H2,1H3. The van der Waals surface area contributed by atoms with Gasteiger partial charge in [-0.1, -0.05) is 6.92 Å². The first-order chi connectivity index (χ1) is 11.4. The van der Waals surface area contributed by atoms with Crippen molar-refractivity contribution in [1.82, 2.24) is 9.78 Å². The summed E-state index contributed by atoms with van der Waals surface area (Å²) in [7, 11) is 0. The lowest BCUT2D eigenvalue weighted by molar-refractivity contribution is -0.176. The van der Waals surface area contributed by atoms with Crippen LogP contribution >= 0.6 is 15.9 Å². The summed E-state index contributed by atoms with van der Waals surface area (Å²) in [5.41, 5.74) is -0.602. The van der Waals surface area contributed by atoms with Crippen molar-refractivity contribution in [2.45, 2.75) is 56.8 Å². The number of aliphatic hydroxyl groups is 1. The molecule has 1 saturated heterocycles. The maximum absolute atomic E-state index is 14.5. The summed E-state index contributed by atoms with van der Waals surface area (Å²) in [5.74, 6) is -3.18. The van der Waals surface area contributed by atoms with Crippen molar-refractivity contribution in [3.05, 3.63) is 27.9 Å². The van der Waals surface area contributed by atoms with Crippen LogP contribution in [0.5, 0.6) is 0 Å². The van der Waals surface area contributed by atoms with E-state index >= 15 is 0 Å². The maximum atomic E-state index is 14.5. The van der Waals surface area contributed by atoms with Crippen molar-refractivity contribution >= 4 is 26.8 Å². The summed E-state index contributed by atoms with van der Waals surface area (Å²) in [6.45, 7) is 2.27. The van der Waals surface area contributed by atoms with Crippen LogP contribution in [0.1, 0.15) is 50.0 Å². The molecule has 0 radical (unpaired) electrons. The molecule has 1 aliphatic heterocycles. The molecule has 4 nitrogen and oxygen atoms in total. The van der Waals surface area contributed by atoms with Crippen LogP contribution in [0.15, 0.2) is 16.7 Å². The average molecular weight is 401 g/mol. The number of alkyl halides is 2. The van der Waals surface area contributed by atoms with Crippen LogP contribution in [-0.2, 0) is 16.8 Å². The molecule has 4 rings (SSSR count). The van der Waals surface area contributed by atoms with Gasteiger partial charge in [0.05, 0.1) is 11.7 Å². The first-order valence-electron chi connectivity index (χ1n) is 8.30. The second-order valence-corrected chi connectivity index (χ2v) is 7.46. The summed E-state index contributed by atoms with van der Waals surface area (Å²) in [6.07, 6.45) is 3.95. The number of ether oxygens (including phenoxy) is 1. The van der Waals surface area contributed by atoms with Crippen LogP contribution in [0.25, 0.3) is 10.9 Å². The molecule has 2 heterocycles. The van der Waals surface area contributed by atoms with Crippen molar-refractivity contribution in [1.29, 1.82) is 0 Å². The number of nitrogens with zero attached hydrogens (tertiary/aromatic N) is 2. The van der Waals surface area contributed by atoms with Crippen LogP contribution in [0, 0.1) is 0 Å². The maximum Gasteiger partial charge on any atom is 0.284 e. The summed E-state index contributed by atoms with van der Waals surface area (Å²) < 4.78 is 37.0. The van der Waals surface area contributed by atoms with Crippen molar-refractivity contribution in [3.8, 4) is 0 Å². The second kappa shape index (κ2) is 5.47. The molecule has 2 unspecified atom stereocenters. The molecule has 0 bridgehead atoms. The van der Waals surface area contributed by atoms with Gasteiger partial charge in [-0.2, -0.15) is 5.10 Å². The molecule has 130 valence electrons. The van der Waals surface area contributed by atoms with Crippen molar-refractivity contribution in [3.63, 3.8) is 0 Å². The Labute approximate surface area is 146 Å². The number of hydrogen-bond acceptors (Lipinski definition) is 3. The molecule has 7 heteroatoms. The lowest BCUT2D eigenvalue weighted by atomic mass is 9.90. The number of rotatable bonds is 2. The van der Waals surface area contributed by atoms with Gasteiger partial charge in [-0.15, -0.1) is 0 Å². The lowest BCUT2D eigenvalue weighted by Crippen LogP contribution is -2.41. The highest BCUT2D eigenvalue weighted by Crippen LogP contribution is 2.53. The number of hydrogen-bond donors (Lipinski definition) is 1. The Morgan fingerprint density at radius 1 is 1.46 bits per heavy atom. The molecule has 1 aromatic carbocycles. The topological polar surface area (TPSA) is 47.3 Å². The van der Waals surface area contributed by atoms with Crippen LogP contribution in [-0.4, -0.2) is 27.4 Å². The van der Waals surface area contributed by atoms with Crippen LogP contribution in [0.3, 0.4) is 0 Å². The Hall–Kier alpha value is -1.05. The number of aromatic nitrogens is 2. The molecule has 1 fully saturated rings. The monoisotopic (exact) mass is 400 g/mol. The summed E-state index contributed by atoms with van der Waals surface area (Å²) in [6, 6.07) is 1.74. The van der Waals surface area contributed by atoms with Crippen LogP contribution in [0.4, 0.5) is 8.78 Å². The zero-order valence-corrected chi connectivity index (χ0v) is 14.9. The van der Waals surface area contributed by atoms with E-state index in [1.165, 1.54) is 0 Å². The van der Waals surface area contributed by atoms with E-state index in [0.717, 1.165) is 30.2 Å². The van der Waals surface area contributed by atoms with Gasteiger partial charge in [0.15, 0.2) is 11.8 Å². The Morgan fingerprint density at radius 3 is 2.92 bits per heavy atom. The van der Waals surface area contributed by atoms with E-state index in [0.29, 0.717) is 22.2 Å². The molecule has 24 heavy (non-hydrogen) atoms. The predicted molar refractivity (Wildman–Crippen MR) is 89.1 cm³/mol. The zero-order valence-electron chi connectivity index (χ0n) is 13.4. The smallest absolute Gasteiger partial charge is 0.284 e. The fourth-order valence-electron chi connectivity index (χ4n) is 3.93. The minimum absolute atomic E-state index is 0.0447. The lowest BCUT2D eigenvalue weighted by Gasteiger charge is -2.30. The highest BCUT2D eigenvalue weighted by atomic mass is 79.9. The predicted octanol–water partition coefficient (Wildman–Crippen LogP) is 4.29. The van der Waals surface area contributed by atoms with Crippen LogP contribution in [0.2, 0.25) is 0 Å². The molecule has 0 spiro atoms. The average Bonchev–Trinajstić information content (AvgIpc) is 3.06. The van der Waals surface area contributed by atoms with Crippen molar-refractivity contribution < 1.29 is 18.6 Å². The third kappa shape index (κ3) is 2.10. The Balaban J connectivity index is 1.90. The second-order valence-electron chi connectivity index (χ2n) is 6.66. The summed E-state index contributed by atoms with van der Waals surface area (Å²) >= 11 is 3.45. The Bertz CT molecular complexity index is 801. The SMILES string of the molecule is CCC1(O)c2c(cc3c(cnn3C3CCCCO3)c2Br)CC1(F)F. The van der Waals surface area contributed by atoms with Gasteiger partial charge < -0.3 is 9.84 Å². The van der Waals surface area contributed by atoms with Gasteiger partial charge in [0, 0.05) is 28.5 Å². The molecule has 0 amide bonds. The Morgan fingerprint density at radius 2 is 2.25 bits per heavy atom. The molecule has 1 aromatic heterocycles. The molecule has 1 aliphatic carbocycles. The summed E-state index contributed by atoms with van der Waals surface area (Å²) in [4.78, 5) is 0. The van der Waals surface area contributed by atoms with Crippen molar-refractivity contribution in [2.75, 3.05) is 6.61 Å². The van der Waals surface area contributed by atoms with E-state index in [-0.39, 0.29) is 12.6 Å². The molecule has 2 atom stereocenters. The van der Waals surface area contributed by atoms with E-state index in [9.17, 15) is 13.9 Å². The Kier molecular flexibility index (Phi) is 3.75. The highest BCUT2D eigenvalue weighted by molar-refractivity contribution is 9.10. The third-order valence-corrected chi connectivity index (χ3v) is 6.12. The van der Waals surface area contributed by atoms with Gasteiger partial charge in [0.1, 0.15) is 0 Å². The van der Waals surface area contributed by atoms with Gasteiger partial charge in [0.2, 0.25) is 0 Å². The number of fused-ring (bicyclic) bond motifs is 2. The molecule has 2 aromatic rings.